The molecule has 8 heteroatoms. The van der Waals surface area contributed by atoms with Gasteiger partial charge in [-0.05, 0) is 26.2 Å². The third-order valence-electron chi connectivity index (χ3n) is 2.63. The van der Waals surface area contributed by atoms with Gasteiger partial charge in [0.15, 0.2) is 13.2 Å². The van der Waals surface area contributed by atoms with Crippen LogP contribution >= 0.6 is 0 Å². The molecule has 2 amide bonds. The third-order valence-corrected chi connectivity index (χ3v) is 2.63. The molecular weight excluding hydrogens is 316 g/mol. The molecule has 0 aromatic rings. The van der Waals surface area contributed by atoms with E-state index in [0.717, 1.165) is 0 Å². The van der Waals surface area contributed by atoms with Gasteiger partial charge in [-0.1, -0.05) is 11.8 Å². The summed E-state index contributed by atoms with van der Waals surface area (Å²) in [6, 6.07) is -0.844. The molecule has 1 atom stereocenters. The van der Waals surface area contributed by atoms with Crippen molar-refractivity contribution in [2.75, 3.05) is 26.4 Å². The second-order valence-electron chi connectivity index (χ2n) is 4.43. The summed E-state index contributed by atoms with van der Waals surface area (Å²) in [5.41, 5.74) is 0. The first kappa shape index (κ1) is 21.1. The highest BCUT2D eigenvalue weighted by atomic mass is 16.6. The van der Waals surface area contributed by atoms with E-state index in [9.17, 15) is 14.4 Å². The number of terminal acetylenes is 2. The Morgan fingerprint density at radius 1 is 1.00 bits per heavy atom. The van der Waals surface area contributed by atoms with Crippen molar-refractivity contribution in [2.24, 2.45) is 0 Å². The van der Waals surface area contributed by atoms with Crippen molar-refractivity contribution in [2.45, 2.75) is 32.2 Å². The average Bonchev–Trinajstić information content (AvgIpc) is 2.56. The topological polar surface area (TPSA) is 103 Å². The molecule has 0 rings (SSSR count). The SMILES string of the molecule is C#CCOC(=O)NCCCCC(NC(=O)OCC#C)C(=O)OCC. The number of hydrogen-bond donors (Lipinski definition) is 2. The Morgan fingerprint density at radius 3 is 2.21 bits per heavy atom. The van der Waals surface area contributed by atoms with Gasteiger partial charge >= 0.3 is 18.2 Å². The van der Waals surface area contributed by atoms with E-state index in [4.69, 9.17) is 17.6 Å². The minimum atomic E-state index is -0.844. The highest BCUT2D eigenvalue weighted by Crippen LogP contribution is 2.04. The zero-order valence-electron chi connectivity index (χ0n) is 13.6. The summed E-state index contributed by atoms with van der Waals surface area (Å²) in [5.74, 6) is 3.76. The molecule has 0 aromatic heterocycles. The number of alkyl carbamates (subject to hydrolysis) is 2. The molecule has 0 heterocycles. The highest BCUT2D eigenvalue weighted by molar-refractivity contribution is 5.81. The number of esters is 1. The van der Waals surface area contributed by atoms with E-state index in [1.165, 1.54) is 0 Å². The molecule has 2 N–H and O–H groups in total. The Balaban J connectivity index is 4.15. The predicted molar refractivity (Wildman–Crippen MR) is 85.8 cm³/mol. The molecule has 0 saturated carbocycles. The van der Waals surface area contributed by atoms with Crippen LogP contribution in [0, 0.1) is 24.7 Å². The zero-order valence-corrected chi connectivity index (χ0v) is 13.6. The Labute approximate surface area is 141 Å². The summed E-state index contributed by atoms with van der Waals surface area (Å²) in [7, 11) is 0. The lowest BCUT2D eigenvalue weighted by Gasteiger charge is -2.16. The lowest BCUT2D eigenvalue weighted by Crippen LogP contribution is -2.42. The lowest BCUT2D eigenvalue weighted by molar-refractivity contribution is -0.145. The average molecular weight is 338 g/mol. The molecular formula is C16H22N2O6. The zero-order chi connectivity index (χ0) is 18.2. The second kappa shape index (κ2) is 13.8. The maximum atomic E-state index is 11.8. The van der Waals surface area contributed by atoms with E-state index in [1.54, 1.807) is 6.92 Å². The standard InChI is InChI=1S/C16H22N2O6/c1-4-11-23-15(20)17-10-8-7-9-13(14(19)22-6-3)18-16(21)24-12-5-2/h1-2,13H,6-12H2,3H3,(H,17,20)(H,18,21). The quantitative estimate of drug-likeness (QED) is 0.264. The molecule has 1 unspecified atom stereocenters. The van der Waals surface area contributed by atoms with Crippen molar-refractivity contribution in [1.29, 1.82) is 0 Å². The van der Waals surface area contributed by atoms with E-state index in [-0.39, 0.29) is 19.8 Å². The molecule has 0 aliphatic carbocycles. The Kier molecular flexibility index (Phi) is 12.1. The Bertz CT molecular complexity index is 492. The van der Waals surface area contributed by atoms with Crippen molar-refractivity contribution >= 4 is 18.2 Å². The van der Waals surface area contributed by atoms with Crippen molar-refractivity contribution < 1.29 is 28.6 Å². The molecule has 0 aliphatic heterocycles. The third kappa shape index (κ3) is 10.8. The van der Waals surface area contributed by atoms with Crippen LogP contribution in [0.2, 0.25) is 0 Å². The summed E-state index contributed by atoms with van der Waals surface area (Å²) < 4.78 is 14.2. The number of carbonyl (C=O) groups is 3. The van der Waals surface area contributed by atoms with Crippen LogP contribution in [0.15, 0.2) is 0 Å². The number of unbranched alkanes of at least 4 members (excludes halogenated alkanes) is 1. The number of nitrogens with one attached hydrogen (secondary N) is 2. The Morgan fingerprint density at radius 2 is 1.62 bits per heavy atom. The number of carbonyl (C=O) groups excluding carboxylic acids is 3. The van der Waals surface area contributed by atoms with Crippen LogP contribution in [0.4, 0.5) is 9.59 Å². The van der Waals surface area contributed by atoms with Crippen LogP contribution in [-0.4, -0.2) is 50.6 Å². The summed E-state index contributed by atoms with van der Waals surface area (Å²) in [5, 5.41) is 4.91. The number of hydrogen-bond acceptors (Lipinski definition) is 6. The maximum absolute atomic E-state index is 11.8. The molecule has 0 aliphatic rings. The molecule has 0 radical (unpaired) electrons. The van der Waals surface area contributed by atoms with E-state index in [1.807, 2.05) is 0 Å². The van der Waals surface area contributed by atoms with Crippen molar-refractivity contribution in [1.82, 2.24) is 10.6 Å². The molecule has 132 valence electrons. The maximum Gasteiger partial charge on any atom is 0.408 e. The van der Waals surface area contributed by atoms with Gasteiger partial charge in [0.05, 0.1) is 6.61 Å². The largest absolute Gasteiger partial charge is 0.464 e. The molecule has 0 spiro atoms. The van der Waals surface area contributed by atoms with Gasteiger partial charge in [0.2, 0.25) is 0 Å². The van der Waals surface area contributed by atoms with Gasteiger partial charge < -0.3 is 24.8 Å². The summed E-state index contributed by atoms with van der Waals surface area (Å²) in [4.78, 5) is 34.4. The lowest BCUT2D eigenvalue weighted by atomic mass is 10.1. The van der Waals surface area contributed by atoms with Crippen LogP contribution in [0.5, 0.6) is 0 Å². The Hall–Kier alpha value is -2.87. The van der Waals surface area contributed by atoms with Crippen LogP contribution in [-0.2, 0) is 19.0 Å². The second-order valence-corrected chi connectivity index (χ2v) is 4.43. The number of amides is 2. The number of rotatable bonds is 10. The van der Waals surface area contributed by atoms with Gasteiger partial charge in [-0.2, -0.15) is 0 Å². The van der Waals surface area contributed by atoms with E-state index >= 15 is 0 Å². The van der Waals surface area contributed by atoms with Gasteiger partial charge in [0.1, 0.15) is 6.04 Å². The normalized spacial score (nSPS) is 10.5. The predicted octanol–water partition coefficient (Wildman–Crippen LogP) is 0.807. The van der Waals surface area contributed by atoms with E-state index in [2.05, 4.69) is 31.9 Å². The first-order chi connectivity index (χ1) is 11.5. The van der Waals surface area contributed by atoms with E-state index in [0.29, 0.717) is 25.8 Å². The smallest absolute Gasteiger partial charge is 0.408 e. The van der Waals surface area contributed by atoms with Crippen molar-refractivity contribution in [3.05, 3.63) is 0 Å². The van der Waals surface area contributed by atoms with Gasteiger partial charge in [-0.25, -0.2) is 14.4 Å². The minimum Gasteiger partial charge on any atom is -0.464 e. The van der Waals surface area contributed by atoms with Crippen LogP contribution < -0.4 is 10.6 Å². The van der Waals surface area contributed by atoms with Gasteiger partial charge in [-0.15, -0.1) is 12.8 Å². The fraction of sp³-hybridized carbons (Fsp3) is 0.562. The van der Waals surface area contributed by atoms with Crippen LogP contribution in [0.3, 0.4) is 0 Å². The first-order valence-corrected chi connectivity index (χ1v) is 7.42. The fourth-order valence-electron chi connectivity index (χ4n) is 1.61. The van der Waals surface area contributed by atoms with Crippen molar-refractivity contribution in [3.63, 3.8) is 0 Å². The molecule has 8 nitrogen and oxygen atoms in total. The van der Waals surface area contributed by atoms with Gasteiger partial charge in [0, 0.05) is 6.54 Å². The molecule has 0 bridgehead atoms. The number of ether oxygens (including phenoxy) is 3. The van der Waals surface area contributed by atoms with Crippen LogP contribution in [0.25, 0.3) is 0 Å². The molecule has 24 heavy (non-hydrogen) atoms. The van der Waals surface area contributed by atoms with Gasteiger partial charge in [-0.3, -0.25) is 0 Å². The first-order valence-electron chi connectivity index (χ1n) is 7.42. The van der Waals surface area contributed by atoms with E-state index < -0.39 is 24.2 Å². The molecule has 0 aromatic carbocycles. The fourth-order valence-corrected chi connectivity index (χ4v) is 1.61. The monoisotopic (exact) mass is 338 g/mol. The highest BCUT2D eigenvalue weighted by Gasteiger charge is 2.22. The van der Waals surface area contributed by atoms with Crippen molar-refractivity contribution in [3.8, 4) is 24.7 Å². The minimum absolute atomic E-state index is 0.0968. The summed E-state index contributed by atoms with van der Waals surface area (Å²) in [6.07, 6.45) is 9.99. The van der Waals surface area contributed by atoms with Crippen LogP contribution in [0.1, 0.15) is 26.2 Å². The van der Waals surface area contributed by atoms with Gasteiger partial charge in [0.25, 0.3) is 0 Å². The molecule has 0 saturated heterocycles. The summed E-state index contributed by atoms with van der Waals surface area (Å²) >= 11 is 0. The summed E-state index contributed by atoms with van der Waals surface area (Å²) in [6.45, 7) is 1.92. The molecule has 0 fully saturated rings.